The van der Waals surface area contributed by atoms with E-state index >= 15 is 0 Å². The van der Waals surface area contributed by atoms with Gasteiger partial charge in [-0.15, -0.1) is 0 Å². The van der Waals surface area contributed by atoms with Crippen LogP contribution in [-0.4, -0.2) is 23.9 Å². The summed E-state index contributed by atoms with van der Waals surface area (Å²) in [6.45, 7) is 11.1. The van der Waals surface area contributed by atoms with Gasteiger partial charge in [-0.05, 0) is 62.3 Å². The Morgan fingerprint density at radius 3 is 2.40 bits per heavy atom. The molecular formula is C17H29NO2. The maximum absolute atomic E-state index is 9.94. The third-order valence-electron chi connectivity index (χ3n) is 3.97. The van der Waals surface area contributed by atoms with Crippen molar-refractivity contribution >= 4 is 0 Å². The molecule has 0 spiro atoms. The zero-order chi connectivity index (χ0) is 15.3. The summed E-state index contributed by atoms with van der Waals surface area (Å²) in [5.41, 5.74) is 9.45. The number of aliphatic hydroxyl groups is 1. The van der Waals surface area contributed by atoms with Crippen molar-refractivity contribution in [3.05, 3.63) is 28.8 Å². The Morgan fingerprint density at radius 1 is 1.20 bits per heavy atom. The van der Waals surface area contributed by atoms with Gasteiger partial charge in [0.1, 0.15) is 5.75 Å². The zero-order valence-corrected chi connectivity index (χ0v) is 13.4. The van der Waals surface area contributed by atoms with E-state index < -0.39 is 6.10 Å². The van der Waals surface area contributed by atoms with Gasteiger partial charge in [-0.2, -0.15) is 0 Å². The van der Waals surface area contributed by atoms with Crippen molar-refractivity contribution in [1.82, 2.24) is 0 Å². The highest BCUT2D eigenvalue weighted by Gasteiger charge is 2.18. The molecule has 1 aromatic carbocycles. The minimum Gasteiger partial charge on any atom is -0.493 e. The summed E-state index contributed by atoms with van der Waals surface area (Å²) < 4.78 is 5.75. The summed E-state index contributed by atoms with van der Waals surface area (Å²) in [5.74, 6) is 1.25. The molecule has 114 valence electrons. The van der Waals surface area contributed by atoms with E-state index in [-0.39, 0.29) is 12.0 Å². The minimum atomic E-state index is -0.458. The van der Waals surface area contributed by atoms with Crippen molar-refractivity contribution in [3.63, 3.8) is 0 Å². The molecule has 20 heavy (non-hydrogen) atoms. The molecule has 3 atom stereocenters. The van der Waals surface area contributed by atoms with Crippen molar-refractivity contribution in [3.8, 4) is 5.75 Å². The third-order valence-corrected chi connectivity index (χ3v) is 3.97. The Bertz CT molecular complexity index is 429. The lowest BCUT2D eigenvalue weighted by Crippen LogP contribution is -2.32. The molecule has 0 radical (unpaired) electrons. The van der Waals surface area contributed by atoms with E-state index in [1.807, 2.05) is 13.0 Å². The van der Waals surface area contributed by atoms with E-state index in [0.717, 1.165) is 18.8 Å². The number of nitrogens with two attached hydrogens (primary N) is 1. The Labute approximate surface area is 123 Å². The average molecular weight is 279 g/mol. The van der Waals surface area contributed by atoms with Gasteiger partial charge in [-0.3, -0.25) is 0 Å². The molecule has 0 saturated carbocycles. The molecule has 1 aromatic rings. The first-order chi connectivity index (χ1) is 9.38. The van der Waals surface area contributed by atoms with Gasteiger partial charge in [-0.1, -0.05) is 19.9 Å². The predicted molar refractivity (Wildman–Crippen MR) is 84.4 cm³/mol. The van der Waals surface area contributed by atoms with E-state index in [0.29, 0.717) is 6.42 Å². The number of hydrogen-bond acceptors (Lipinski definition) is 3. The van der Waals surface area contributed by atoms with E-state index in [4.69, 9.17) is 10.5 Å². The monoisotopic (exact) mass is 279 g/mol. The van der Waals surface area contributed by atoms with E-state index in [9.17, 15) is 5.11 Å². The van der Waals surface area contributed by atoms with Crippen LogP contribution < -0.4 is 10.5 Å². The lowest BCUT2D eigenvalue weighted by molar-refractivity contribution is 0.134. The SMILES string of the molecule is CCCOc1ccc(C(C)CC(O)C(C)N)c(C)c1C. The van der Waals surface area contributed by atoms with Crippen molar-refractivity contribution < 1.29 is 9.84 Å². The minimum absolute atomic E-state index is 0.189. The Hall–Kier alpha value is -1.06. The number of aliphatic hydroxyl groups excluding tert-OH is 1. The van der Waals surface area contributed by atoms with Crippen LogP contribution >= 0.6 is 0 Å². The second kappa shape index (κ2) is 7.65. The second-order valence-corrected chi connectivity index (χ2v) is 5.81. The van der Waals surface area contributed by atoms with Crippen molar-refractivity contribution in [2.75, 3.05) is 6.61 Å². The van der Waals surface area contributed by atoms with Crippen LogP contribution in [0.2, 0.25) is 0 Å². The van der Waals surface area contributed by atoms with Crippen LogP contribution in [0.5, 0.6) is 5.75 Å². The highest BCUT2D eigenvalue weighted by Crippen LogP contribution is 2.31. The molecule has 0 fully saturated rings. The number of ether oxygens (including phenoxy) is 1. The predicted octanol–water partition coefficient (Wildman–Crippen LogP) is 3.29. The van der Waals surface area contributed by atoms with Gasteiger partial charge in [0.05, 0.1) is 12.7 Å². The third kappa shape index (κ3) is 4.22. The highest BCUT2D eigenvalue weighted by molar-refractivity contribution is 5.44. The zero-order valence-electron chi connectivity index (χ0n) is 13.4. The van der Waals surface area contributed by atoms with Crippen LogP contribution in [0.15, 0.2) is 12.1 Å². The molecule has 3 N–H and O–H groups in total. The van der Waals surface area contributed by atoms with E-state index in [1.54, 1.807) is 0 Å². The maximum Gasteiger partial charge on any atom is 0.122 e. The molecule has 3 heteroatoms. The summed E-state index contributed by atoms with van der Waals surface area (Å²) in [5, 5.41) is 9.94. The van der Waals surface area contributed by atoms with Crippen LogP contribution in [0, 0.1) is 13.8 Å². The standard InChI is InChI=1S/C17H29NO2/c1-6-9-20-17-8-7-15(12(3)13(17)4)11(2)10-16(19)14(5)18/h7-8,11,14,16,19H,6,9-10,18H2,1-5H3. The molecule has 0 saturated heterocycles. The molecule has 0 heterocycles. The first-order valence-electron chi connectivity index (χ1n) is 7.55. The maximum atomic E-state index is 9.94. The summed E-state index contributed by atoms with van der Waals surface area (Å²) in [6, 6.07) is 3.97. The smallest absolute Gasteiger partial charge is 0.122 e. The Morgan fingerprint density at radius 2 is 1.85 bits per heavy atom. The summed E-state index contributed by atoms with van der Waals surface area (Å²) in [7, 11) is 0. The molecule has 0 aromatic heterocycles. The fourth-order valence-corrected chi connectivity index (χ4v) is 2.42. The first-order valence-corrected chi connectivity index (χ1v) is 7.55. The lowest BCUT2D eigenvalue weighted by atomic mass is 9.88. The normalized spacial score (nSPS) is 15.8. The molecule has 0 aliphatic heterocycles. The number of hydrogen-bond donors (Lipinski definition) is 2. The van der Waals surface area contributed by atoms with Crippen LogP contribution in [0.4, 0.5) is 0 Å². The van der Waals surface area contributed by atoms with Gasteiger partial charge in [0.2, 0.25) is 0 Å². The molecule has 0 aliphatic rings. The molecule has 3 nitrogen and oxygen atoms in total. The first kappa shape index (κ1) is 17.0. The van der Waals surface area contributed by atoms with Crippen molar-refractivity contribution in [2.45, 2.75) is 65.5 Å². The molecule has 0 aliphatic carbocycles. The van der Waals surface area contributed by atoms with Gasteiger partial charge in [0, 0.05) is 6.04 Å². The van der Waals surface area contributed by atoms with E-state index in [1.165, 1.54) is 16.7 Å². The van der Waals surface area contributed by atoms with Crippen LogP contribution in [0.3, 0.4) is 0 Å². The van der Waals surface area contributed by atoms with Crippen molar-refractivity contribution in [1.29, 1.82) is 0 Å². The topological polar surface area (TPSA) is 55.5 Å². The quantitative estimate of drug-likeness (QED) is 0.805. The summed E-state index contributed by atoms with van der Waals surface area (Å²) in [4.78, 5) is 0. The van der Waals surface area contributed by atoms with Gasteiger partial charge >= 0.3 is 0 Å². The fraction of sp³-hybridized carbons (Fsp3) is 0.647. The average Bonchev–Trinajstić information content (AvgIpc) is 2.40. The molecule has 0 amide bonds. The highest BCUT2D eigenvalue weighted by atomic mass is 16.5. The van der Waals surface area contributed by atoms with Crippen LogP contribution in [-0.2, 0) is 0 Å². The van der Waals surface area contributed by atoms with Crippen LogP contribution in [0.25, 0.3) is 0 Å². The largest absolute Gasteiger partial charge is 0.493 e. The number of benzene rings is 1. The second-order valence-electron chi connectivity index (χ2n) is 5.81. The Balaban J connectivity index is 2.88. The van der Waals surface area contributed by atoms with Crippen molar-refractivity contribution in [2.24, 2.45) is 5.73 Å². The summed E-state index contributed by atoms with van der Waals surface area (Å²) >= 11 is 0. The lowest BCUT2D eigenvalue weighted by Gasteiger charge is -2.22. The summed E-state index contributed by atoms with van der Waals surface area (Å²) in [6.07, 6.45) is 1.24. The Kier molecular flexibility index (Phi) is 6.50. The van der Waals surface area contributed by atoms with Gasteiger partial charge < -0.3 is 15.6 Å². The molecule has 0 bridgehead atoms. The van der Waals surface area contributed by atoms with Crippen LogP contribution in [0.1, 0.15) is 56.2 Å². The van der Waals surface area contributed by atoms with E-state index in [2.05, 4.69) is 33.8 Å². The van der Waals surface area contributed by atoms with Gasteiger partial charge in [0.25, 0.3) is 0 Å². The molecule has 3 unspecified atom stereocenters. The fourth-order valence-electron chi connectivity index (χ4n) is 2.42. The number of rotatable bonds is 7. The van der Waals surface area contributed by atoms with Gasteiger partial charge in [0.15, 0.2) is 0 Å². The van der Waals surface area contributed by atoms with Gasteiger partial charge in [-0.25, -0.2) is 0 Å². The molecular weight excluding hydrogens is 250 g/mol. The molecule has 1 rings (SSSR count).